The van der Waals surface area contributed by atoms with Crippen LogP contribution < -0.4 is 0 Å². The number of aromatic nitrogens is 1. The van der Waals surface area contributed by atoms with Crippen LogP contribution in [0.4, 0.5) is 26.3 Å². The molecule has 0 amide bonds. The van der Waals surface area contributed by atoms with Gasteiger partial charge in [0.1, 0.15) is 5.01 Å². The smallest absolute Gasteiger partial charge is 0.358 e. The molecule has 1 atom stereocenters. The summed E-state index contributed by atoms with van der Waals surface area (Å²) in [7, 11) is 0. The van der Waals surface area contributed by atoms with Gasteiger partial charge < -0.3 is 4.74 Å². The Morgan fingerprint density at radius 1 is 1.06 bits per heavy atom. The third kappa shape index (κ3) is 5.96. The lowest BCUT2D eigenvalue weighted by atomic mass is 10.0. The van der Waals surface area contributed by atoms with Crippen molar-refractivity contribution in [2.75, 3.05) is 0 Å². The standard InChI is InChI=1S/C24H20F6N2OS/c1-3-4-17-11-15(5-6-18(17)12-31)13-33-21(24(28,29)30)20-14(2)32-22(34-20)16-7-9-19(10-8-16)23(25,26)27/h5-11,21H,3-4,13H2,1-2H3. The van der Waals surface area contributed by atoms with E-state index in [4.69, 9.17) is 4.74 Å². The molecule has 3 rings (SSSR count). The average molecular weight is 498 g/mol. The van der Waals surface area contributed by atoms with Crippen LogP contribution in [0.15, 0.2) is 42.5 Å². The van der Waals surface area contributed by atoms with E-state index in [0.29, 0.717) is 17.5 Å². The Kier molecular flexibility index (Phi) is 7.68. The van der Waals surface area contributed by atoms with Crippen LogP contribution in [0.2, 0.25) is 0 Å². The van der Waals surface area contributed by atoms with E-state index in [1.165, 1.54) is 19.1 Å². The minimum atomic E-state index is -4.73. The Bertz CT molecular complexity index is 1180. The van der Waals surface area contributed by atoms with E-state index in [0.717, 1.165) is 35.5 Å². The van der Waals surface area contributed by atoms with E-state index < -0.39 is 24.0 Å². The number of halogens is 6. The van der Waals surface area contributed by atoms with E-state index in [1.54, 1.807) is 18.2 Å². The maximum absolute atomic E-state index is 13.9. The molecule has 3 nitrogen and oxygen atoms in total. The van der Waals surface area contributed by atoms with Crippen LogP contribution in [0.25, 0.3) is 10.6 Å². The van der Waals surface area contributed by atoms with Gasteiger partial charge in [-0.05, 0) is 42.7 Å². The summed E-state index contributed by atoms with van der Waals surface area (Å²) < 4.78 is 85.3. The highest BCUT2D eigenvalue weighted by Gasteiger charge is 2.44. The van der Waals surface area contributed by atoms with Crippen LogP contribution in [0, 0.1) is 18.3 Å². The number of thiazole rings is 1. The van der Waals surface area contributed by atoms with Gasteiger partial charge in [-0.2, -0.15) is 31.6 Å². The minimum absolute atomic E-state index is 0.0914. The summed E-state index contributed by atoms with van der Waals surface area (Å²) in [5.41, 5.74) is 1.23. The molecule has 1 unspecified atom stereocenters. The Balaban J connectivity index is 1.86. The molecule has 1 heterocycles. The SMILES string of the molecule is CCCc1cc(COC(c2sc(-c3ccc(C(F)(F)F)cc3)nc2C)C(F)(F)F)ccc1C#N. The average Bonchev–Trinajstić information content (AvgIpc) is 3.14. The Morgan fingerprint density at radius 2 is 1.74 bits per heavy atom. The first kappa shape index (κ1) is 25.7. The fraction of sp³-hybridized carbons (Fsp3) is 0.333. The van der Waals surface area contributed by atoms with E-state index >= 15 is 0 Å². The van der Waals surface area contributed by atoms with Gasteiger partial charge in [-0.1, -0.05) is 37.6 Å². The Hall–Kier alpha value is -2.90. The molecule has 0 aliphatic heterocycles. The summed E-state index contributed by atoms with van der Waals surface area (Å²) in [5.74, 6) is 0. The second-order valence-electron chi connectivity index (χ2n) is 7.63. The molecule has 0 bridgehead atoms. The zero-order valence-corrected chi connectivity index (χ0v) is 19.0. The Labute approximate surface area is 196 Å². The maximum atomic E-state index is 13.9. The van der Waals surface area contributed by atoms with Crippen molar-refractivity contribution in [3.63, 3.8) is 0 Å². The molecular formula is C24H20F6N2OS. The molecule has 0 N–H and O–H groups in total. The lowest BCUT2D eigenvalue weighted by Crippen LogP contribution is -2.23. The lowest BCUT2D eigenvalue weighted by molar-refractivity contribution is -0.226. The highest BCUT2D eigenvalue weighted by Crippen LogP contribution is 2.43. The number of benzene rings is 2. The molecule has 34 heavy (non-hydrogen) atoms. The van der Waals surface area contributed by atoms with Crippen molar-refractivity contribution in [1.29, 1.82) is 5.26 Å². The van der Waals surface area contributed by atoms with Gasteiger partial charge in [0.15, 0.2) is 6.10 Å². The summed E-state index contributed by atoms with van der Waals surface area (Å²) in [6, 6.07) is 10.9. The molecule has 2 aromatic carbocycles. The van der Waals surface area contributed by atoms with Crippen molar-refractivity contribution >= 4 is 11.3 Å². The van der Waals surface area contributed by atoms with Crippen molar-refractivity contribution in [3.05, 3.63) is 75.3 Å². The molecule has 0 fully saturated rings. The fourth-order valence-electron chi connectivity index (χ4n) is 3.40. The summed E-state index contributed by atoms with van der Waals surface area (Å²) in [5, 5.41) is 9.37. The van der Waals surface area contributed by atoms with Gasteiger partial charge in [0, 0.05) is 5.56 Å². The molecule has 0 aliphatic carbocycles. The Morgan fingerprint density at radius 3 is 2.29 bits per heavy atom. The van der Waals surface area contributed by atoms with Gasteiger partial charge in [0.2, 0.25) is 0 Å². The van der Waals surface area contributed by atoms with Gasteiger partial charge in [-0.15, -0.1) is 11.3 Å². The van der Waals surface area contributed by atoms with Crippen LogP contribution in [-0.4, -0.2) is 11.2 Å². The maximum Gasteiger partial charge on any atom is 0.419 e. The highest BCUT2D eigenvalue weighted by atomic mass is 32.1. The monoisotopic (exact) mass is 498 g/mol. The molecular weight excluding hydrogens is 478 g/mol. The van der Waals surface area contributed by atoms with Crippen molar-refractivity contribution in [1.82, 2.24) is 4.98 Å². The second-order valence-corrected chi connectivity index (χ2v) is 8.66. The number of alkyl halides is 6. The van der Waals surface area contributed by atoms with Gasteiger partial charge in [-0.25, -0.2) is 4.98 Å². The number of rotatable bonds is 7. The number of ether oxygens (including phenoxy) is 1. The molecule has 1 aromatic heterocycles. The van der Waals surface area contributed by atoms with Gasteiger partial charge in [0.05, 0.1) is 34.4 Å². The third-order valence-electron chi connectivity index (χ3n) is 5.05. The van der Waals surface area contributed by atoms with Crippen LogP contribution in [0.3, 0.4) is 0 Å². The number of hydrogen-bond acceptors (Lipinski definition) is 4. The number of aryl methyl sites for hydroxylation is 2. The normalized spacial score (nSPS) is 13.0. The number of nitrogens with zero attached hydrogens (tertiary/aromatic N) is 2. The molecule has 0 aliphatic rings. The van der Waals surface area contributed by atoms with Gasteiger partial charge >= 0.3 is 12.4 Å². The van der Waals surface area contributed by atoms with Crippen LogP contribution >= 0.6 is 11.3 Å². The topological polar surface area (TPSA) is 45.9 Å². The lowest BCUT2D eigenvalue weighted by Gasteiger charge is -2.20. The van der Waals surface area contributed by atoms with Crippen LogP contribution in [-0.2, 0) is 23.9 Å². The van der Waals surface area contributed by atoms with Crippen LogP contribution in [0.5, 0.6) is 0 Å². The molecule has 10 heteroatoms. The number of hydrogen-bond donors (Lipinski definition) is 0. The zero-order valence-electron chi connectivity index (χ0n) is 18.2. The van der Waals surface area contributed by atoms with E-state index in [2.05, 4.69) is 11.1 Å². The summed E-state index contributed by atoms with van der Waals surface area (Å²) in [6.07, 6.45) is -10.1. The fourth-order valence-corrected chi connectivity index (χ4v) is 4.54. The highest BCUT2D eigenvalue weighted by molar-refractivity contribution is 7.15. The first-order valence-electron chi connectivity index (χ1n) is 10.3. The quantitative estimate of drug-likeness (QED) is 0.313. The van der Waals surface area contributed by atoms with Crippen LogP contribution in [0.1, 0.15) is 52.3 Å². The predicted molar refractivity (Wildman–Crippen MR) is 116 cm³/mol. The van der Waals surface area contributed by atoms with Gasteiger partial charge in [0.25, 0.3) is 0 Å². The van der Waals surface area contributed by atoms with E-state index in [-0.39, 0.29) is 27.7 Å². The largest absolute Gasteiger partial charge is 0.419 e. The second kappa shape index (κ2) is 10.2. The summed E-state index contributed by atoms with van der Waals surface area (Å²) in [4.78, 5) is 3.98. The van der Waals surface area contributed by atoms with Crippen molar-refractivity contribution < 1.29 is 31.1 Å². The van der Waals surface area contributed by atoms with E-state index in [9.17, 15) is 31.6 Å². The van der Waals surface area contributed by atoms with E-state index in [1.807, 2.05) is 6.92 Å². The van der Waals surface area contributed by atoms with Gasteiger partial charge in [-0.3, -0.25) is 0 Å². The van der Waals surface area contributed by atoms with Crippen molar-refractivity contribution in [2.45, 2.75) is 51.8 Å². The molecule has 0 saturated carbocycles. The number of nitriles is 1. The predicted octanol–water partition coefficient (Wildman–Crippen LogP) is 7.78. The van der Waals surface area contributed by atoms with Crippen molar-refractivity contribution in [3.8, 4) is 16.6 Å². The zero-order chi connectivity index (χ0) is 25.1. The molecule has 3 aromatic rings. The van der Waals surface area contributed by atoms with Crippen molar-refractivity contribution in [2.24, 2.45) is 0 Å². The molecule has 0 saturated heterocycles. The first-order chi connectivity index (χ1) is 15.9. The minimum Gasteiger partial charge on any atom is -0.358 e. The summed E-state index contributed by atoms with van der Waals surface area (Å²) in [6.45, 7) is 3.01. The molecule has 0 spiro atoms. The molecule has 180 valence electrons. The summed E-state index contributed by atoms with van der Waals surface area (Å²) >= 11 is 0.733. The molecule has 0 radical (unpaired) electrons. The first-order valence-corrected chi connectivity index (χ1v) is 11.1. The third-order valence-corrected chi connectivity index (χ3v) is 6.30.